The second-order valence-corrected chi connectivity index (χ2v) is 7.14. The van der Waals surface area contributed by atoms with Crippen molar-refractivity contribution in [2.24, 2.45) is 0 Å². The Bertz CT molecular complexity index is 1110. The second kappa shape index (κ2) is 7.82. The lowest BCUT2D eigenvalue weighted by Gasteiger charge is -2.32. The third-order valence-electron chi connectivity index (χ3n) is 4.88. The standard InChI is InChI=1S/C20H18F3N5O3/c1-11-4-2-5-12(8-11)18(29)25-26-19(30)14-10-17-24-13(15-6-3-7-31-15)9-16(20(21,22)23)28(17)27-14/h2-8,10,13,16,24H,9H2,1H3,(H,25,29)(H,26,30). The average molecular weight is 433 g/mol. The summed E-state index contributed by atoms with van der Waals surface area (Å²) in [5.74, 6) is -1.05. The van der Waals surface area contributed by atoms with Crippen molar-refractivity contribution in [3.63, 3.8) is 0 Å². The van der Waals surface area contributed by atoms with Crippen LogP contribution in [-0.2, 0) is 0 Å². The first-order chi connectivity index (χ1) is 14.7. The molecule has 0 aliphatic carbocycles. The fourth-order valence-electron chi connectivity index (χ4n) is 3.40. The molecule has 1 aliphatic rings. The van der Waals surface area contributed by atoms with Crippen molar-refractivity contribution >= 4 is 17.6 Å². The Morgan fingerprint density at radius 3 is 2.61 bits per heavy atom. The van der Waals surface area contributed by atoms with Gasteiger partial charge in [-0.15, -0.1) is 0 Å². The molecule has 2 atom stereocenters. The van der Waals surface area contributed by atoms with Crippen LogP contribution in [0, 0.1) is 6.92 Å². The Kier molecular flexibility index (Phi) is 5.17. The van der Waals surface area contributed by atoms with E-state index in [1.54, 1.807) is 30.3 Å². The van der Waals surface area contributed by atoms with Crippen LogP contribution in [0.4, 0.5) is 19.0 Å². The number of aryl methyl sites for hydroxylation is 1. The molecular weight excluding hydrogens is 415 g/mol. The number of hydrazine groups is 1. The predicted molar refractivity (Wildman–Crippen MR) is 103 cm³/mol. The van der Waals surface area contributed by atoms with Gasteiger partial charge in [0.05, 0.1) is 12.3 Å². The van der Waals surface area contributed by atoms with Crippen LogP contribution in [0.2, 0.25) is 0 Å². The molecule has 0 saturated heterocycles. The van der Waals surface area contributed by atoms with Crippen LogP contribution in [0.25, 0.3) is 0 Å². The van der Waals surface area contributed by atoms with Gasteiger partial charge in [0.1, 0.15) is 11.6 Å². The van der Waals surface area contributed by atoms with Gasteiger partial charge in [0.15, 0.2) is 11.7 Å². The minimum Gasteiger partial charge on any atom is -0.467 e. The zero-order chi connectivity index (χ0) is 22.2. The van der Waals surface area contributed by atoms with Gasteiger partial charge in [0.25, 0.3) is 11.8 Å². The molecule has 0 bridgehead atoms. The number of hydrogen-bond donors (Lipinski definition) is 3. The van der Waals surface area contributed by atoms with Crippen molar-refractivity contribution in [3.05, 3.63) is 71.3 Å². The zero-order valence-corrected chi connectivity index (χ0v) is 16.2. The Balaban J connectivity index is 1.52. The highest BCUT2D eigenvalue weighted by Crippen LogP contribution is 2.43. The number of fused-ring (bicyclic) bond motifs is 1. The Morgan fingerprint density at radius 2 is 1.94 bits per heavy atom. The molecule has 0 radical (unpaired) electrons. The number of aromatic nitrogens is 2. The van der Waals surface area contributed by atoms with Crippen molar-refractivity contribution in [3.8, 4) is 0 Å². The molecule has 0 saturated carbocycles. The molecule has 0 fully saturated rings. The topological polar surface area (TPSA) is 101 Å². The molecule has 0 spiro atoms. The molecule has 3 N–H and O–H groups in total. The summed E-state index contributed by atoms with van der Waals surface area (Å²) in [5.41, 5.74) is 5.31. The maximum absolute atomic E-state index is 13.6. The highest BCUT2D eigenvalue weighted by atomic mass is 19.4. The first-order valence-electron chi connectivity index (χ1n) is 9.36. The third kappa shape index (κ3) is 4.25. The number of nitrogens with zero attached hydrogens (tertiary/aromatic N) is 2. The molecule has 1 aromatic carbocycles. The number of nitrogens with one attached hydrogen (secondary N) is 3. The van der Waals surface area contributed by atoms with E-state index >= 15 is 0 Å². The molecule has 2 unspecified atom stereocenters. The molecule has 2 amide bonds. The molecule has 162 valence electrons. The molecule has 31 heavy (non-hydrogen) atoms. The first-order valence-corrected chi connectivity index (χ1v) is 9.36. The molecule has 3 heterocycles. The van der Waals surface area contributed by atoms with Crippen molar-refractivity contribution in [1.29, 1.82) is 0 Å². The number of benzene rings is 1. The van der Waals surface area contributed by atoms with Crippen molar-refractivity contribution in [2.45, 2.75) is 31.6 Å². The van der Waals surface area contributed by atoms with Crippen LogP contribution in [0.15, 0.2) is 53.1 Å². The van der Waals surface area contributed by atoms with Crippen LogP contribution in [0.5, 0.6) is 0 Å². The van der Waals surface area contributed by atoms with Gasteiger partial charge < -0.3 is 9.73 Å². The summed E-state index contributed by atoms with van der Waals surface area (Å²) in [7, 11) is 0. The summed E-state index contributed by atoms with van der Waals surface area (Å²) in [6.45, 7) is 1.81. The lowest BCUT2D eigenvalue weighted by atomic mass is 10.0. The van der Waals surface area contributed by atoms with E-state index in [1.807, 2.05) is 13.0 Å². The number of amides is 2. The SMILES string of the molecule is Cc1cccc(C(=O)NNC(=O)c2cc3n(n2)C(C(F)(F)F)CC(c2ccco2)N3)c1. The quantitative estimate of drug-likeness (QED) is 0.549. The molecule has 3 aromatic rings. The second-order valence-electron chi connectivity index (χ2n) is 7.14. The normalized spacial score (nSPS) is 18.1. The number of hydrogen-bond acceptors (Lipinski definition) is 5. The summed E-state index contributed by atoms with van der Waals surface area (Å²) in [4.78, 5) is 24.6. The van der Waals surface area contributed by atoms with Crippen molar-refractivity contribution in [2.75, 3.05) is 5.32 Å². The first kappa shape index (κ1) is 20.5. The van der Waals surface area contributed by atoms with Gasteiger partial charge in [-0.05, 0) is 31.2 Å². The van der Waals surface area contributed by atoms with Crippen molar-refractivity contribution in [1.82, 2.24) is 20.6 Å². The number of alkyl halides is 3. The van der Waals surface area contributed by atoms with E-state index in [9.17, 15) is 22.8 Å². The maximum Gasteiger partial charge on any atom is 0.410 e. The van der Waals surface area contributed by atoms with E-state index in [-0.39, 0.29) is 17.9 Å². The van der Waals surface area contributed by atoms with Gasteiger partial charge >= 0.3 is 6.18 Å². The largest absolute Gasteiger partial charge is 0.467 e. The number of rotatable bonds is 3. The van der Waals surface area contributed by atoms with Crippen LogP contribution in [0.3, 0.4) is 0 Å². The van der Waals surface area contributed by atoms with Crippen molar-refractivity contribution < 1.29 is 27.2 Å². The van der Waals surface area contributed by atoms with Gasteiger partial charge in [-0.25, -0.2) is 4.68 Å². The molecular formula is C20H18F3N5O3. The fourth-order valence-corrected chi connectivity index (χ4v) is 3.40. The number of furan rings is 1. The van der Waals surface area contributed by atoms with Crippen LogP contribution >= 0.6 is 0 Å². The van der Waals surface area contributed by atoms with Gasteiger partial charge in [0, 0.05) is 18.1 Å². The summed E-state index contributed by atoms with van der Waals surface area (Å²) >= 11 is 0. The van der Waals surface area contributed by atoms with Gasteiger partial charge in [-0.3, -0.25) is 20.4 Å². The Morgan fingerprint density at radius 1 is 1.16 bits per heavy atom. The van der Waals surface area contributed by atoms with Crippen LogP contribution < -0.4 is 16.2 Å². The molecule has 1 aliphatic heterocycles. The van der Waals surface area contributed by atoms with E-state index in [0.29, 0.717) is 11.3 Å². The Labute approximate surface area is 174 Å². The average Bonchev–Trinajstić information content (AvgIpc) is 3.39. The van der Waals surface area contributed by atoms with E-state index in [0.717, 1.165) is 10.2 Å². The van der Waals surface area contributed by atoms with E-state index in [2.05, 4.69) is 21.3 Å². The highest BCUT2D eigenvalue weighted by molar-refractivity contribution is 5.98. The number of anilines is 1. The summed E-state index contributed by atoms with van der Waals surface area (Å²) in [5, 5.41) is 6.73. The highest BCUT2D eigenvalue weighted by Gasteiger charge is 2.47. The third-order valence-corrected chi connectivity index (χ3v) is 4.88. The van der Waals surface area contributed by atoms with Gasteiger partial charge in [-0.2, -0.15) is 18.3 Å². The van der Waals surface area contributed by atoms with E-state index in [4.69, 9.17) is 4.42 Å². The number of carbonyl (C=O) groups excluding carboxylic acids is 2. The fraction of sp³-hybridized carbons (Fsp3) is 0.250. The van der Waals surface area contributed by atoms with Gasteiger partial charge in [-0.1, -0.05) is 17.7 Å². The predicted octanol–water partition coefficient (Wildman–Crippen LogP) is 3.52. The smallest absolute Gasteiger partial charge is 0.410 e. The molecule has 11 heteroatoms. The summed E-state index contributed by atoms with van der Waals surface area (Å²) < 4.78 is 46.9. The molecule has 2 aromatic heterocycles. The molecule has 8 nitrogen and oxygen atoms in total. The summed E-state index contributed by atoms with van der Waals surface area (Å²) in [6, 6.07) is 8.37. The zero-order valence-electron chi connectivity index (χ0n) is 16.2. The Hall–Kier alpha value is -3.76. The maximum atomic E-state index is 13.6. The van der Waals surface area contributed by atoms with Crippen LogP contribution in [0.1, 0.15) is 50.7 Å². The minimum absolute atomic E-state index is 0.0186. The minimum atomic E-state index is -4.58. The lowest BCUT2D eigenvalue weighted by molar-refractivity contribution is -0.174. The number of halogens is 3. The number of carbonyl (C=O) groups is 2. The molecule has 4 rings (SSSR count). The van der Waals surface area contributed by atoms with E-state index < -0.39 is 30.1 Å². The van der Waals surface area contributed by atoms with E-state index in [1.165, 1.54) is 12.3 Å². The summed E-state index contributed by atoms with van der Waals surface area (Å²) in [6.07, 6.45) is -3.56. The lowest BCUT2D eigenvalue weighted by Crippen LogP contribution is -2.42. The van der Waals surface area contributed by atoms with Gasteiger partial charge in [0.2, 0.25) is 0 Å². The van der Waals surface area contributed by atoms with Crippen LogP contribution in [-0.4, -0.2) is 27.8 Å². The monoisotopic (exact) mass is 433 g/mol.